The molecule has 0 fully saturated rings. The van der Waals surface area contributed by atoms with Gasteiger partial charge in [0.05, 0.1) is 6.10 Å². The molecule has 18 heavy (non-hydrogen) atoms. The Morgan fingerprint density at radius 1 is 1.11 bits per heavy atom. The standard InChI is InChI=1S/C15H20O3/c1-11(2)18-14-9-7-13(8-10-14)15(17)6-4-5-12(3)16/h7-11H,4-6H2,1-3H3. The van der Waals surface area contributed by atoms with Crippen LogP contribution in [0.4, 0.5) is 0 Å². The van der Waals surface area contributed by atoms with Crippen molar-refractivity contribution in [3.63, 3.8) is 0 Å². The predicted molar refractivity (Wildman–Crippen MR) is 71.1 cm³/mol. The van der Waals surface area contributed by atoms with Crippen molar-refractivity contribution < 1.29 is 14.3 Å². The monoisotopic (exact) mass is 248 g/mol. The molecule has 98 valence electrons. The van der Waals surface area contributed by atoms with E-state index in [4.69, 9.17) is 4.74 Å². The minimum Gasteiger partial charge on any atom is -0.491 e. The van der Waals surface area contributed by atoms with E-state index >= 15 is 0 Å². The first-order valence-electron chi connectivity index (χ1n) is 6.28. The van der Waals surface area contributed by atoms with Gasteiger partial charge < -0.3 is 9.53 Å². The Morgan fingerprint density at radius 2 is 1.72 bits per heavy atom. The van der Waals surface area contributed by atoms with Gasteiger partial charge in [0.1, 0.15) is 11.5 Å². The van der Waals surface area contributed by atoms with Crippen molar-refractivity contribution in [2.24, 2.45) is 0 Å². The molecule has 0 atom stereocenters. The highest BCUT2D eigenvalue weighted by atomic mass is 16.5. The van der Waals surface area contributed by atoms with Gasteiger partial charge in [0.25, 0.3) is 0 Å². The molecule has 3 nitrogen and oxygen atoms in total. The molecular weight excluding hydrogens is 228 g/mol. The summed E-state index contributed by atoms with van der Waals surface area (Å²) in [5.74, 6) is 0.973. The molecular formula is C15H20O3. The van der Waals surface area contributed by atoms with E-state index in [2.05, 4.69) is 0 Å². The quantitative estimate of drug-likeness (QED) is 0.694. The van der Waals surface area contributed by atoms with Gasteiger partial charge in [-0.15, -0.1) is 0 Å². The van der Waals surface area contributed by atoms with Gasteiger partial charge in [0, 0.05) is 18.4 Å². The van der Waals surface area contributed by atoms with Crippen molar-refractivity contribution in [2.75, 3.05) is 0 Å². The zero-order valence-corrected chi connectivity index (χ0v) is 11.2. The van der Waals surface area contributed by atoms with Crippen molar-refractivity contribution in [3.05, 3.63) is 29.8 Å². The van der Waals surface area contributed by atoms with Gasteiger partial charge in [0.15, 0.2) is 5.78 Å². The van der Waals surface area contributed by atoms with Gasteiger partial charge in [-0.2, -0.15) is 0 Å². The van der Waals surface area contributed by atoms with Crippen LogP contribution in [-0.4, -0.2) is 17.7 Å². The van der Waals surface area contributed by atoms with Crippen LogP contribution in [0.5, 0.6) is 5.75 Å². The highest BCUT2D eigenvalue weighted by molar-refractivity contribution is 5.96. The molecule has 0 unspecified atom stereocenters. The highest BCUT2D eigenvalue weighted by Crippen LogP contribution is 2.15. The first-order valence-corrected chi connectivity index (χ1v) is 6.28. The number of hydrogen-bond donors (Lipinski definition) is 0. The van der Waals surface area contributed by atoms with Gasteiger partial charge in [0.2, 0.25) is 0 Å². The fraction of sp³-hybridized carbons (Fsp3) is 0.467. The Kier molecular flexibility index (Phi) is 5.56. The number of ketones is 2. The summed E-state index contributed by atoms with van der Waals surface area (Å²) in [7, 11) is 0. The molecule has 0 saturated heterocycles. The SMILES string of the molecule is CC(=O)CCCC(=O)c1ccc(OC(C)C)cc1. The summed E-state index contributed by atoms with van der Waals surface area (Å²) in [4.78, 5) is 22.6. The van der Waals surface area contributed by atoms with Crippen LogP contribution in [0.1, 0.15) is 50.4 Å². The summed E-state index contributed by atoms with van der Waals surface area (Å²) in [6, 6.07) is 7.15. The Morgan fingerprint density at radius 3 is 2.22 bits per heavy atom. The van der Waals surface area contributed by atoms with E-state index in [0.29, 0.717) is 24.8 Å². The van der Waals surface area contributed by atoms with Crippen LogP contribution >= 0.6 is 0 Å². The lowest BCUT2D eigenvalue weighted by Crippen LogP contribution is -2.06. The lowest BCUT2D eigenvalue weighted by Gasteiger charge is -2.09. The van der Waals surface area contributed by atoms with E-state index in [9.17, 15) is 9.59 Å². The lowest BCUT2D eigenvalue weighted by molar-refractivity contribution is -0.117. The summed E-state index contributed by atoms with van der Waals surface area (Å²) < 4.78 is 5.51. The Hall–Kier alpha value is -1.64. The average molecular weight is 248 g/mol. The third-order valence-electron chi connectivity index (χ3n) is 2.48. The van der Waals surface area contributed by atoms with Crippen LogP contribution in [0, 0.1) is 0 Å². The number of hydrogen-bond acceptors (Lipinski definition) is 3. The molecule has 1 aromatic carbocycles. The van der Waals surface area contributed by atoms with Crippen molar-refractivity contribution >= 4 is 11.6 Å². The second kappa shape index (κ2) is 6.94. The lowest BCUT2D eigenvalue weighted by atomic mass is 10.0. The molecule has 0 amide bonds. The first kappa shape index (κ1) is 14.4. The molecule has 0 spiro atoms. The molecule has 0 heterocycles. The van der Waals surface area contributed by atoms with Crippen molar-refractivity contribution in [2.45, 2.75) is 46.1 Å². The maximum atomic E-state index is 11.8. The normalized spacial score (nSPS) is 10.4. The second-order valence-corrected chi connectivity index (χ2v) is 4.67. The van der Waals surface area contributed by atoms with Crippen LogP contribution in [0.2, 0.25) is 0 Å². The van der Waals surface area contributed by atoms with Crippen LogP contribution in [-0.2, 0) is 4.79 Å². The van der Waals surface area contributed by atoms with Crippen LogP contribution in [0.25, 0.3) is 0 Å². The number of carbonyl (C=O) groups is 2. The molecule has 0 aliphatic heterocycles. The number of benzene rings is 1. The van der Waals surface area contributed by atoms with Gasteiger partial charge in [-0.1, -0.05) is 0 Å². The van der Waals surface area contributed by atoms with E-state index < -0.39 is 0 Å². The summed E-state index contributed by atoms with van der Waals surface area (Å²) >= 11 is 0. The van der Waals surface area contributed by atoms with Crippen molar-refractivity contribution in [3.8, 4) is 5.75 Å². The molecule has 1 rings (SSSR count). The van der Waals surface area contributed by atoms with E-state index in [-0.39, 0.29) is 17.7 Å². The molecule has 0 aliphatic rings. The third kappa shape index (κ3) is 5.13. The fourth-order valence-corrected chi connectivity index (χ4v) is 1.63. The number of carbonyl (C=O) groups excluding carboxylic acids is 2. The first-order chi connectivity index (χ1) is 8.49. The fourth-order valence-electron chi connectivity index (χ4n) is 1.63. The topological polar surface area (TPSA) is 43.4 Å². The minimum atomic E-state index is 0.0762. The number of ether oxygens (including phenoxy) is 1. The molecule has 0 bridgehead atoms. The molecule has 0 aliphatic carbocycles. The third-order valence-corrected chi connectivity index (χ3v) is 2.48. The molecule has 1 aromatic rings. The highest BCUT2D eigenvalue weighted by Gasteiger charge is 2.07. The van der Waals surface area contributed by atoms with Crippen LogP contribution in [0.15, 0.2) is 24.3 Å². The zero-order chi connectivity index (χ0) is 13.5. The second-order valence-electron chi connectivity index (χ2n) is 4.67. The van der Waals surface area contributed by atoms with Crippen LogP contribution in [0.3, 0.4) is 0 Å². The summed E-state index contributed by atoms with van der Waals surface area (Å²) in [6.07, 6.45) is 1.64. The maximum absolute atomic E-state index is 11.8. The molecule has 3 heteroatoms. The summed E-state index contributed by atoms with van der Waals surface area (Å²) in [5.41, 5.74) is 0.676. The van der Waals surface area contributed by atoms with Gasteiger partial charge in [-0.05, 0) is 51.5 Å². The smallest absolute Gasteiger partial charge is 0.162 e. The van der Waals surface area contributed by atoms with E-state index in [1.807, 2.05) is 13.8 Å². The summed E-state index contributed by atoms with van der Waals surface area (Å²) in [5, 5.41) is 0. The summed E-state index contributed by atoms with van der Waals surface area (Å²) in [6.45, 7) is 5.46. The molecule has 0 saturated carbocycles. The number of rotatable bonds is 7. The zero-order valence-electron chi connectivity index (χ0n) is 11.2. The Labute approximate surface area is 108 Å². The van der Waals surface area contributed by atoms with E-state index in [0.717, 1.165) is 5.75 Å². The van der Waals surface area contributed by atoms with Crippen LogP contribution < -0.4 is 4.74 Å². The maximum Gasteiger partial charge on any atom is 0.162 e. The number of Topliss-reactive ketones (excluding diaryl/α,β-unsaturated/α-hetero) is 2. The predicted octanol–water partition coefficient (Wildman–Crippen LogP) is 3.42. The van der Waals surface area contributed by atoms with Gasteiger partial charge in [-0.25, -0.2) is 0 Å². The van der Waals surface area contributed by atoms with E-state index in [1.165, 1.54) is 0 Å². The molecule has 0 N–H and O–H groups in total. The van der Waals surface area contributed by atoms with Gasteiger partial charge >= 0.3 is 0 Å². The Balaban J connectivity index is 2.51. The van der Waals surface area contributed by atoms with Crippen molar-refractivity contribution in [1.82, 2.24) is 0 Å². The largest absolute Gasteiger partial charge is 0.491 e. The van der Waals surface area contributed by atoms with E-state index in [1.54, 1.807) is 31.2 Å². The molecule has 0 radical (unpaired) electrons. The minimum absolute atomic E-state index is 0.0762. The molecule has 0 aromatic heterocycles. The average Bonchev–Trinajstić information content (AvgIpc) is 2.28. The van der Waals surface area contributed by atoms with Crippen molar-refractivity contribution in [1.29, 1.82) is 0 Å². The Bertz CT molecular complexity index is 404. The van der Waals surface area contributed by atoms with Gasteiger partial charge in [-0.3, -0.25) is 4.79 Å².